The number of nitrogens with zero attached hydrogens (tertiary/aromatic N) is 1. The first-order chi connectivity index (χ1) is 8.49. The van der Waals surface area contributed by atoms with Crippen molar-refractivity contribution in [3.63, 3.8) is 0 Å². The molecule has 0 amide bonds. The zero-order chi connectivity index (χ0) is 13.7. The Kier molecular flexibility index (Phi) is 5.37. The zero-order valence-electron chi connectivity index (χ0n) is 10.4. The monoisotopic (exact) mass is 272 g/mol. The van der Waals surface area contributed by atoms with Gasteiger partial charge < -0.3 is 10.4 Å². The highest BCUT2D eigenvalue weighted by Gasteiger charge is 2.15. The molecule has 100 valence electrons. The molecular formula is C12H17ClN2O3. The van der Waals surface area contributed by atoms with Crippen LogP contribution in [0.3, 0.4) is 0 Å². The summed E-state index contributed by atoms with van der Waals surface area (Å²) < 4.78 is 0. The predicted octanol–water partition coefficient (Wildman–Crippen LogP) is 3.13. The minimum Gasteiger partial charge on any atom is -0.396 e. The normalized spacial score (nSPS) is 12.2. The van der Waals surface area contributed by atoms with Gasteiger partial charge in [0.15, 0.2) is 0 Å². The van der Waals surface area contributed by atoms with Gasteiger partial charge in [-0.3, -0.25) is 10.1 Å². The van der Waals surface area contributed by atoms with E-state index in [1.54, 1.807) is 13.0 Å². The zero-order valence-corrected chi connectivity index (χ0v) is 11.2. The number of nitro groups is 1. The fourth-order valence-electron chi connectivity index (χ4n) is 1.73. The second-order valence-electron chi connectivity index (χ2n) is 4.14. The molecule has 18 heavy (non-hydrogen) atoms. The fourth-order valence-corrected chi connectivity index (χ4v) is 1.94. The average molecular weight is 273 g/mol. The number of hydrogen-bond donors (Lipinski definition) is 2. The van der Waals surface area contributed by atoms with Gasteiger partial charge in [0.2, 0.25) is 0 Å². The van der Waals surface area contributed by atoms with Crippen molar-refractivity contribution in [2.75, 3.05) is 11.9 Å². The Morgan fingerprint density at radius 3 is 2.72 bits per heavy atom. The molecule has 0 fully saturated rings. The number of nitrogens with one attached hydrogen (secondary N) is 1. The molecule has 0 heterocycles. The summed E-state index contributed by atoms with van der Waals surface area (Å²) in [4.78, 5) is 10.3. The molecule has 1 unspecified atom stereocenters. The van der Waals surface area contributed by atoms with Crippen LogP contribution in [0.15, 0.2) is 12.1 Å². The molecule has 1 atom stereocenters. The number of halogens is 1. The van der Waals surface area contributed by atoms with E-state index < -0.39 is 4.92 Å². The second-order valence-corrected chi connectivity index (χ2v) is 4.54. The fraction of sp³-hybridized carbons (Fsp3) is 0.500. The summed E-state index contributed by atoms with van der Waals surface area (Å²) in [6.45, 7) is 3.77. The Hall–Kier alpha value is -1.33. The topological polar surface area (TPSA) is 75.4 Å². The molecule has 0 saturated heterocycles. The maximum absolute atomic E-state index is 10.8. The third-order valence-corrected chi connectivity index (χ3v) is 3.13. The number of benzene rings is 1. The van der Waals surface area contributed by atoms with E-state index in [1.807, 2.05) is 6.92 Å². The van der Waals surface area contributed by atoms with E-state index in [0.29, 0.717) is 22.7 Å². The number of hydrogen-bond acceptors (Lipinski definition) is 4. The minimum absolute atomic E-state index is 0.0146. The molecule has 0 aliphatic rings. The van der Waals surface area contributed by atoms with Crippen LogP contribution in [0.1, 0.15) is 25.3 Å². The Balaban J connectivity index is 2.97. The summed E-state index contributed by atoms with van der Waals surface area (Å²) in [5, 5.41) is 23.2. The van der Waals surface area contributed by atoms with Crippen molar-refractivity contribution in [3.05, 3.63) is 32.8 Å². The Bertz CT molecular complexity index is 438. The average Bonchev–Trinajstić information content (AvgIpc) is 2.32. The Labute approximate surface area is 111 Å². The molecule has 1 aromatic carbocycles. The van der Waals surface area contributed by atoms with Crippen molar-refractivity contribution >= 4 is 23.0 Å². The van der Waals surface area contributed by atoms with Crippen LogP contribution in [0, 0.1) is 17.0 Å². The largest absolute Gasteiger partial charge is 0.396 e. The van der Waals surface area contributed by atoms with E-state index in [-0.39, 0.29) is 18.3 Å². The van der Waals surface area contributed by atoms with Crippen LogP contribution in [-0.4, -0.2) is 22.7 Å². The van der Waals surface area contributed by atoms with E-state index in [2.05, 4.69) is 5.32 Å². The molecule has 0 aliphatic carbocycles. The van der Waals surface area contributed by atoms with E-state index >= 15 is 0 Å². The van der Waals surface area contributed by atoms with Gasteiger partial charge in [0.05, 0.1) is 15.6 Å². The summed E-state index contributed by atoms with van der Waals surface area (Å²) in [6, 6.07) is 3.12. The molecule has 2 N–H and O–H groups in total. The van der Waals surface area contributed by atoms with Crippen LogP contribution in [0.25, 0.3) is 0 Å². The molecule has 0 aliphatic heterocycles. The molecule has 5 nitrogen and oxygen atoms in total. The van der Waals surface area contributed by atoms with Crippen LogP contribution in [0.2, 0.25) is 5.02 Å². The van der Waals surface area contributed by atoms with Crippen LogP contribution in [0.4, 0.5) is 11.4 Å². The Morgan fingerprint density at radius 1 is 1.56 bits per heavy atom. The summed E-state index contributed by atoms with van der Waals surface area (Å²) in [6.07, 6.45) is 1.45. The number of anilines is 1. The smallest absolute Gasteiger partial charge is 0.273 e. The Morgan fingerprint density at radius 2 is 2.22 bits per heavy atom. The van der Waals surface area contributed by atoms with Crippen LogP contribution in [0.5, 0.6) is 0 Å². The number of aliphatic hydroxyl groups is 1. The van der Waals surface area contributed by atoms with Crippen molar-refractivity contribution in [1.29, 1.82) is 0 Å². The summed E-state index contributed by atoms with van der Waals surface area (Å²) in [7, 11) is 0. The number of nitro benzene ring substituents is 1. The van der Waals surface area contributed by atoms with E-state index in [4.69, 9.17) is 16.7 Å². The molecule has 0 aromatic heterocycles. The van der Waals surface area contributed by atoms with Gasteiger partial charge in [0, 0.05) is 24.3 Å². The van der Waals surface area contributed by atoms with Crippen LogP contribution < -0.4 is 5.32 Å². The van der Waals surface area contributed by atoms with Crippen molar-refractivity contribution in [3.8, 4) is 0 Å². The molecule has 0 radical (unpaired) electrons. The van der Waals surface area contributed by atoms with Gasteiger partial charge in [-0.15, -0.1) is 0 Å². The lowest BCUT2D eigenvalue weighted by Crippen LogP contribution is -2.20. The summed E-state index contributed by atoms with van der Waals surface area (Å²) in [5.74, 6) is 0. The number of rotatable bonds is 6. The molecule has 1 aromatic rings. The quantitative estimate of drug-likeness (QED) is 0.616. The summed E-state index contributed by atoms with van der Waals surface area (Å²) >= 11 is 6.02. The highest BCUT2D eigenvalue weighted by Crippen LogP contribution is 2.31. The van der Waals surface area contributed by atoms with Crippen molar-refractivity contribution in [1.82, 2.24) is 0 Å². The van der Waals surface area contributed by atoms with Gasteiger partial charge in [-0.05, 0) is 25.8 Å². The third-order valence-electron chi connectivity index (χ3n) is 2.81. The van der Waals surface area contributed by atoms with Crippen molar-refractivity contribution < 1.29 is 10.0 Å². The van der Waals surface area contributed by atoms with Crippen molar-refractivity contribution in [2.45, 2.75) is 32.7 Å². The molecule has 6 heteroatoms. The van der Waals surface area contributed by atoms with Gasteiger partial charge in [-0.1, -0.05) is 18.5 Å². The molecular weight excluding hydrogens is 256 g/mol. The lowest BCUT2D eigenvalue weighted by atomic mass is 10.1. The van der Waals surface area contributed by atoms with Crippen LogP contribution >= 0.6 is 11.6 Å². The van der Waals surface area contributed by atoms with Gasteiger partial charge in [0.1, 0.15) is 0 Å². The lowest BCUT2D eigenvalue weighted by molar-refractivity contribution is -0.385. The first-order valence-electron chi connectivity index (χ1n) is 5.81. The third kappa shape index (κ3) is 3.58. The van der Waals surface area contributed by atoms with Gasteiger partial charge >= 0.3 is 0 Å². The molecule has 0 spiro atoms. The van der Waals surface area contributed by atoms with Crippen molar-refractivity contribution in [2.24, 2.45) is 0 Å². The molecule has 0 saturated carbocycles. The van der Waals surface area contributed by atoms with Crippen LogP contribution in [-0.2, 0) is 0 Å². The predicted molar refractivity (Wildman–Crippen MR) is 72.2 cm³/mol. The van der Waals surface area contributed by atoms with Gasteiger partial charge in [0.25, 0.3) is 5.69 Å². The standard InChI is InChI=1S/C12H17ClN2O3/c1-3-9(4-5-16)14-11-6-8(2)12(15(17)18)7-10(11)13/h6-7,9,14,16H,3-5H2,1-2H3. The van der Waals surface area contributed by atoms with E-state index in [9.17, 15) is 10.1 Å². The number of aryl methyl sites for hydroxylation is 1. The maximum Gasteiger partial charge on any atom is 0.273 e. The number of aliphatic hydroxyl groups excluding tert-OH is 1. The van der Waals surface area contributed by atoms with E-state index in [0.717, 1.165) is 6.42 Å². The first-order valence-corrected chi connectivity index (χ1v) is 6.19. The second kappa shape index (κ2) is 6.56. The minimum atomic E-state index is -0.448. The first kappa shape index (κ1) is 14.7. The highest BCUT2D eigenvalue weighted by molar-refractivity contribution is 6.33. The van der Waals surface area contributed by atoms with E-state index in [1.165, 1.54) is 6.07 Å². The highest BCUT2D eigenvalue weighted by atomic mass is 35.5. The van der Waals surface area contributed by atoms with Gasteiger partial charge in [-0.2, -0.15) is 0 Å². The molecule has 0 bridgehead atoms. The lowest BCUT2D eigenvalue weighted by Gasteiger charge is -2.18. The summed E-state index contributed by atoms with van der Waals surface area (Å²) in [5.41, 5.74) is 1.24. The van der Waals surface area contributed by atoms with Gasteiger partial charge in [-0.25, -0.2) is 0 Å². The SMILES string of the molecule is CCC(CCO)Nc1cc(C)c([N+](=O)[O-])cc1Cl. The maximum atomic E-state index is 10.8. The molecule has 1 rings (SSSR count).